The highest BCUT2D eigenvalue weighted by Crippen LogP contribution is 2.43. The Morgan fingerprint density at radius 1 is 1.19 bits per heavy atom. The number of hydrogen-bond donors (Lipinski definition) is 1. The molecule has 1 aromatic rings. The zero-order chi connectivity index (χ0) is 22.2. The lowest BCUT2D eigenvalue weighted by Crippen LogP contribution is -2.51. The van der Waals surface area contributed by atoms with Gasteiger partial charge in [-0.2, -0.15) is 0 Å². The number of urea groups is 1. The summed E-state index contributed by atoms with van der Waals surface area (Å²) in [6.07, 6.45) is 5.75. The van der Waals surface area contributed by atoms with E-state index < -0.39 is 11.6 Å². The first-order valence-electron chi connectivity index (χ1n) is 11.3. The molecule has 0 aromatic carbocycles. The Morgan fingerprint density at radius 3 is 2.58 bits per heavy atom. The van der Waals surface area contributed by atoms with Crippen molar-refractivity contribution in [1.29, 1.82) is 0 Å². The molecule has 1 spiro atoms. The fourth-order valence-electron chi connectivity index (χ4n) is 5.10. The van der Waals surface area contributed by atoms with Gasteiger partial charge in [-0.05, 0) is 43.4 Å². The summed E-state index contributed by atoms with van der Waals surface area (Å²) in [4.78, 5) is 48.3. The summed E-state index contributed by atoms with van der Waals surface area (Å²) in [6.45, 7) is 9.26. The lowest BCUT2D eigenvalue weighted by atomic mass is 9.67. The third kappa shape index (κ3) is 4.42. The number of aromatic nitrogens is 1. The number of thiazole rings is 1. The minimum atomic E-state index is -0.820. The van der Waals surface area contributed by atoms with Gasteiger partial charge in [-0.25, -0.2) is 9.78 Å². The van der Waals surface area contributed by atoms with Crippen molar-refractivity contribution in [2.75, 3.05) is 37.6 Å². The van der Waals surface area contributed by atoms with E-state index in [2.05, 4.69) is 36.0 Å². The summed E-state index contributed by atoms with van der Waals surface area (Å²) in [5.74, 6) is 0.152. The summed E-state index contributed by atoms with van der Waals surface area (Å²) in [5, 5.41) is 5.86. The third-order valence-corrected chi connectivity index (χ3v) is 7.97. The number of imide groups is 1. The van der Waals surface area contributed by atoms with Gasteiger partial charge < -0.3 is 15.1 Å². The Hall–Kier alpha value is -2.16. The molecule has 4 rings (SSSR count). The maximum absolute atomic E-state index is 13.2. The second-order valence-electron chi connectivity index (χ2n) is 10.1. The standard InChI is InChI=1S/C22H33N5O3S/c1-21(2,3)16-5-7-22(8-6-16)18(29)27(19(30)24-22)15-17(28)25-10-4-11-26(13-12-25)20-23-9-14-31-20/h9,14,16H,4-8,10-13,15H2,1-3H3,(H,24,30). The number of nitrogens with one attached hydrogen (secondary N) is 1. The van der Waals surface area contributed by atoms with Crippen molar-refractivity contribution in [2.45, 2.75) is 58.4 Å². The number of anilines is 1. The highest BCUT2D eigenvalue weighted by molar-refractivity contribution is 7.13. The molecule has 3 fully saturated rings. The van der Waals surface area contributed by atoms with Crippen LogP contribution in [0.3, 0.4) is 0 Å². The summed E-state index contributed by atoms with van der Waals surface area (Å²) in [6, 6.07) is -0.424. The number of amides is 4. The molecule has 31 heavy (non-hydrogen) atoms. The summed E-state index contributed by atoms with van der Waals surface area (Å²) in [7, 11) is 0. The average molecular weight is 448 g/mol. The topological polar surface area (TPSA) is 85.8 Å². The zero-order valence-electron chi connectivity index (χ0n) is 18.7. The van der Waals surface area contributed by atoms with Crippen LogP contribution in [0.4, 0.5) is 9.93 Å². The molecule has 0 radical (unpaired) electrons. The molecule has 3 aliphatic rings. The third-order valence-electron chi connectivity index (χ3n) is 7.14. The van der Waals surface area contributed by atoms with Gasteiger partial charge in [0.25, 0.3) is 5.91 Å². The van der Waals surface area contributed by atoms with Crippen LogP contribution in [-0.4, -0.2) is 70.9 Å². The highest BCUT2D eigenvalue weighted by atomic mass is 32.1. The van der Waals surface area contributed by atoms with Gasteiger partial charge in [0.2, 0.25) is 5.91 Å². The van der Waals surface area contributed by atoms with E-state index in [9.17, 15) is 14.4 Å². The minimum absolute atomic E-state index is 0.162. The van der Waals surface area contributed by atoms with Gasteiger partial charge in [-0.3, -0.25) is 14.5 Å². The van der Waals surface area contributed by atoms with Gasteiger partial charge >= 0.3 is 6.03 Å². The van der Waals surface area contributed by atoms with E-state index >= 15 is 0 Å². The van der Waals surface area contributed by atoms with Gasteiger partial charge in [0.1, 0.15) is 12.1 Å². The van der Waals surface area contributed by atoms with Crippen LogP contribution in [0.1, 0.15) is 52.9 Å². The molecule has 3 heterocycles. The van der Waals surface area contributed by atoms with Crippen LogP contribution in [0, 0.1) is 11.3 Å². The second kappa shape index (κ2) is 8.41. The van der Waals surface area contributed by atoms with Crippen molar-refractivity contribution in [3.8, 4) is 0 Å². The molecule has 170 valence electrons. The number of rotatable bonds is 3. The van der Waals surface area contributed by atoms with E-state index in [4.69, 9.17) is 0 Å². The van der Waals surface area contributed by atoms with Gasteiger partial charge in [-0.1, -0.05) is 20.8 Å². The number of nitrogens with zero attached hydrogens (tertiary/aromatic N) is 4. The van der Waals surface area contributed by atoms with Gasteiger partial charge in [0.15, 0.2) is 5.13 Å². The maximum Gasteiger partial charge on any atom is 0.325 e. The molecular formula is C22H33N5O3S. The molecule has 4 amide bonds. The molecule has 1 N–H and O–H groups in total. The quantitative estimate of drug-likeness (QED) is 0.720. The van der Waals surface area contributed by atoms with Crippen molar-refractivity contribution < 1.29 is 14.4 Å². The van der Waals surface area contributed by atoms with E-state index in [0.29, 0.717) is 38.4 Å². The van der Waals surface area contributed by atoms with Crippen LogP contribution in [0.2, 0.25) is 0 Å². The highest BCUT2D eigenvalue weighted by Gasteiger charge is 2.53. The summed E-state index contributed by atoms with van der Waals surface area (Å²) in [5.41, 5.74) is -0.623. The number of carbonyl (C=O) groups is 3. The molecule has 1 aromatic heterocycles. The molecule has 0 unspecified atom stereocenters. The fraction of sp³-hybridized carbons (Fsp3) is 0.727. The van der Waals surface area contributed by atoms with Crippen molar-refractivity contribution in [3.63, 3.8) is 0 Å². The second-order valence-corrected chi connectivity index (χ2v) is 11.0. The Bertz CT molecular complexity index is 827. The van der Waals surface area contributed by atoms with Gasteiger partial charge in [0.05, 0.1) is 0 Å². The van der Waals surface area contributed by atoms with Crippen LogP contribution in [0.15, 0.2) is 11.6 Å². The molecule has 0 bridgehead atoms. The van der Waals surface area contributed by atoms with Crippen LogP contribution in [0.25, 0.3) is 0 Å². The molecule has 1 saturated carbocycles. The summed E-state index contributed by atoms with van der Waals surface area (Å²) >= 11 is 1.59. The predicted octanol–water partition coefficient (Wildman–Crippen LogP) is 2.71. The van der Waals surface area contributed by atoms with Gasteiger partial charge in [0, 0.05) is 37.8 Å². The average Bonchev–Trinajstić information content (AvgIpc) is 3.23. The Morgan fingerprint density at radius 2 is 1.94 bits per heavy atom. The van der Waals surface area contributed by atoms with E-state index in [-0.39, 0.29) is 23.8 Å². The SMILES string of the molecule is CC(C)(C)C1CCC2(CC1)NC(=O)N(CC(=O)N1CCCN(c3nccs3)CC1)C2=O. The normalized spacial score (nSPS) is 27.6. The van der Waals surface area contributed by atoms with Crippen LogP contribution < -0.4 is 10.2 Å². The van der Waals surface area contributed by atoms with Crippen LogP contribution >= 0.6 is 11.3 Å². The lowest BCUT2D eigenvalue weighted by molar-refractivity contribution is -0.139. The van der Waals surface area contributed by atoms with E-state index in [1.165, 1.54) is 0 Å². The Balaban J connectivity index is 1.35. The lowest BCUT2D eigenvalue weighted by Gasteiger charge is -2.40. The Labute approximate surface area is 188 Å². The fourth-order valence-corrected chi connectivity index (χ4v) is 5.80. The minimum Gasteiger partial charge on any atom is -0.346 e. The predicted molar refractivity (Wildman–Crippen MR) is 120 cm³/mol. The van der Waals surface area contributed by atoms with Crippen LogP contribution in [-0.2, 0) is 9.59 Å². The summed E-state index contributed by atoms with van der Waals surface area (Å²) < 4.78 is 0. The number of hydrogen-bond acceptors (Lipinski definition) is 6. The smallest absolute Gasteiger partial charge is 0.325 e. The molecule has 2 saturated heterocycles. The van der Waals surface area contributed by atoms with Crippen molar-refractivity contribution in [1.82, 2.24) is 20.1 Å². The maximum atomic E-state index is 13.2. The number of carbonyl (C=O) groups excluding carboxylic acids is 3. The molecular weight excluding hydrogens is 414 g/mol. The van der Waals surface area contributed by atoms with E-state index in [0.717, 1.165) is 35.8 Å². The first-order chi connectivity index (χ1) is 14.7. The zero-order valence-corrected chi connectivity index (χ0v) is 19.5. The molecule has 9 heteroatoms. The molecule has 8 nitrogen and oxygen atoms in total. The Kier molecular flexibility index (Phi) is 5.98. The largest absolute Gasteiger partial charge is 0.346 e. The molecule has 0 atom stereocenters. The monoisotopic (exact) mass is 447 g/mol. The van der Waals surface area contributed by atoms with Crippen molar-refractivity contribution >= 4 is 34.3 Å². The first-order valence-corrected chi connectivity index (χ1v) is 12.1. The molecule has 2 aliphatic heterocycles. The first kappa shape index (κ1) is 22.0. The van der Waals surface area contributed by atoms with Crippen molar-refractivity contribution in [2.24, 2.45) is 11.3 Å². The van der Waals surface area contributed by atoms with E-state index in [1.807, 2.05) is 5.38 Å². The van der Waals surface area contributed by atoms with Crippen LogP contribution in [0.5, 0.6) is 0 Å². The van der Waals surface area contributed by atoms with Crippen molar-refractivity contribution in [3.05, 3.63) is 11.6 Å². The van der Waals surface area contributed by atoms with E-state index in [1.54, 1.807) is 22.4 Å². The molecule has 1 aliphatic carbocycles. The van der Waals surface area contributed by atoms with Gasteiger partial charge in [-0.15, -0.1) is 11.3 Å².